The van der Waals surface area contributed by atoms with Crippen molar-refractivity contribution in [3.8, 4) is 0 Å². The Kier molecular flexibility index (Phi) is 23.6. The van der Waals surface area contributed by atoms with Crippen molar-refractivity contribution in [3.05, 3.63) is 84.0 Å². The average molecular weight is 1080 g/mol. The van der Waals surface area contributed by atoms with Crippen molar-refractivity contribution < 1.29 is 51.6 Å². The molecule has 0 bridgehead atoms. The summed E-state index contributed by atoms with van der Waals surface area (Å²) in [6.07, 6.45) is 5.69. The first-order valence-electron chi connectivity index (χ1n) is 25.6. The van der Waals surface area contributed by atoms with Crippen LogP contribution in [-0.4, -0.2) is 129 Å². The highest BCUT2D eigenvalue weighted by Gasteiger charge is 2.42. The number of unbranched alkanes of at least 4 members (excludes halogenated alkanes) is 2. The summed E-state index contributed by atoms with van der Waals surface area (Å²) >= 11 is 0. The molecule has 0 spiro atoms. The SMILES string of the molecule is CN[C@H](C(=O)NC(C(=O)N(C)[C@H](/C=C(\C)C(=O)NS(=O)(=O)c1ccc(NC(=O)[C@H](CCCNC(N)=O)NC(=O)C(NC(=O)CCCCCN2C(=O)C=CC2=O)C(C)C)cc1)C(C)C)C(C)(C)C)C(C)(C)c1ccccc1. The third kappa shape index (κ3) is 18.4. The smallest absolute Gasteiger partial charge is 0.312 e. The van der Waals surface area contributed by atoms with Crippen LogP contribution in [0.2, 0.25) is 0 Å². The molecule has 1 heterocycles. The molecule has 0 saturated carbocycles. The number of likely N-dealkylation sites (N-methyl/N-ethyl adjacent to an activating group) is 2. The summed E-state index contributed by atoms with van der Waals surface area (Å²) in [5.74, 6) is -4.92. The van der Waals surface area contributed by atoms with Crippen molar-refractivity contribution in [2.45, 2.75) is 148 Å². The number of rotatable bonds is 28. The van der Waals surface area contributed by atoms with Crippen LogP contribution in [0.3, 0.4) is 0 Å². The number of hydrogen-bond acceptors (Lipinski definition) is 12. The number of imide groups is 1. The second kappa shape index (κ2) is 28.3. The molecule has 21 nitrogen and oxygen atoms in total. The Balaban J connectivity index is 1.71. The predicted octanol–water partition coefficient (Wildman–Crippen LogP) is 3.52. The second-order valence-electron chi connectivity index (χ2n) is 21.4. The van der Waals surface area contributed by atoms with Crippen LogP contribution in [0.1, 0.15) is 113 Å². The van der Waals surface area contributed by atoms with Gasteiger partial charge in [0.2, 0.25) is 29.5 Å². The van der Waals surface area contributed by atoms with E-state index in [2.05, 4.69) is 36.6 Å². The molecule has 10 amide bonds. The van der Waals surface area contributed by atoms with Crippen LogP contribution in [0.15, 0.2) is 83.3 Å². The highest BCUT2D eigenvalue weighted by molar-refractivity contribution is 7.90. The maximum atomic E-state index is 14.4. The van der Waals surface area contributed by atoms with Gasteiger partial charge in [-0.3, -0.25) is 43.3 Å². The molecule has 9 N–H and O–H groups in total. The van der Waals surface area contributed by atoms with E-state index in [1.807, 2.05) is 78.8 Å². The van der Waals surface area contributed by atoms with E-state index in [9.17, 15) is 51.6 Å². The topological polar surface area (TPSA) is 304 Å². The first kappa shape index (κ1) is 63.4. The van der Waals surface area contributed by atoms with Gasteiger partial charge < -0.3 is 42.5 Å². The van der Waals surface area contributed by atoms with Gasteiger partial charge in [-0.15, -0.1) is 0 Å². The van der Waals surface area contributed by atoms with Gasteiger partial charge in [-0.1, -0.05) is 105 Å². The van der Waals surface area contributed by atoms with Crippen LogP contribution in [0.25, 0.3) is 0 Å². The Morgan fingerprint density at radius 1 is 0.750 bits per heavy atom. The summed E-state index contributed by atoms with van der Waals surface area (Å²) in [5, 5.41) is 16.6. The van der Waals surface area contributed by atoms with Gasteiger partial charge in [-0.2, -0.15) is 0 Å². The molecule has 418 valence electrons. The Hall–Kier alpha value is -6.94. The zero-order chi connectivity index (χ0) is 57.3. The molecule has 2 aromatic carbocycles. The number of carbonyl (C=O) groups excluding carboxylic acids is 9. The molecule has 0 aliphatic carbocycles. The molecule has 76 heavy (non-hydrogen) atoms. The van der Waals surface area contributed by atoms with Crippen LogP contribution in [-0.2, 0) is 53.8 Å². The van der Waals surface area contributed by atoms with Crippen molar-refractivity contribution in [2.24, 2.45) is 23.0 Å². The lowest BCUT2D eigenvalue weighted by Crippen LogP contribution is -2.61. The summed E-state index contributed by atoms with van der Waals surface area (Å²) in [5.41, 5.74) is 4.87. The molecular weight excluding hydrogens is 997 g/mol. The minimum Gasteiger partial charge on any atom is -0.352 e. The first-order chi connectivity index (χ1) is 35.4. The number of hydrogen-bond donors (Lipinski definition) is 8. The summed E-state index contributed by atoms with van der Waals surface area (Å²) < 4.78 is 29.2. The van der Waals surface area contributed by atoms with E-state index in [0.717, 1.165) is 10.5 Å². The molecule has 1 aliphatic heterocycles. The Morgan fingerprint density at radius 3 is 1.89 bits per heavy atom. The van der Waals surface area contributed by atoms with Crippen LogP contribution < -0.4 is 42.4 Å². The quantitative estimate of drug-likeness (QED) is 0.0345. The minimum absolute atomic E-state index is 0.00104. The van der Waals surface area contributed by atoms with E-state index in [1.54, 1.807) is 27.9 Å². The van der Waals surface area contributed by atoms with Crippen molar-refractivity contribution in [1.82, 2.24) is 41.1 Å². The largest absolute Gasteiger partial charge is 0.352 e. The monoisotopic (exact) mass is 1080 g/mol. The van der Waals surface area contributed by atoms with Gasteiger partial charge >= 0.3 is 6.03 Å². The van der Waals surface area contributed by atoms with E-state index in [-0.39, 0.29) is 72.1 Å². The standard InChI is InChI=1S/C54H80N10O11S/c1-33(2)40(63(12)51(72)46(53(6,7)8)61-50(71)45(56-11)54(9,10)36-20-15-13-16-21-36)32-35(5)47(68)62-76(74,75)38-26-24-37(25-27-38)58-48(69)39(22-19-30-57-52(55)73)59-49(70)44(34(3)4)60-41(65)23-17-14-18-31-64-42(66)28-29-43(64)67/h13,15-16,20-21,24-29,32-34,39-40,44-46,56H,14,17-19,22-23,30-31H2,1-12H3,(H,58,69)(H,59,70)(H,60,65)(H,61,71)(H,62,68)(H3,55,57,73)/b35-32+/t39-,40+,44?,45+,46?/m0/s1. The van der Waals surface area contributed by atoms with Crippen molar-refractivity contribution >= 4 is 69.0 Å². The first-order valence-corrected chi connectivity index (χ1v) is 27.0. The number of nitrogens with two attached hydrogens (primary N) is 1. The molecule has 5 atom stereocenters. The molecule has 3 rings (SSSR count). The number of anilines is 1. The third-order valence-electron chi connectivity index (χ3n) is 13.2. The van der Waals surface area contributed by atoms with Crippen LogP contribution in [0.5, 0.6) is 0 Å². The molecule has 0 radical (unpaired) electrons. The summed E-state index contributed by atoms with van der Waals surface area (Å²) in [4.78, 5) is 119. The van der Waals surface area contributed by atoms with Gasteiger partial charge in [0, 0.05) is 55.4 Å². The van der Waals surface area contributed by atoms with Crippen LogP contribution in [0.4, 0.5) is 10.5 Å². The highest BCUT2D eigenvalue weighted by Crippen LogP contribution is 2.29. The maximum absolute atomic E-state index is 14.4. The fourth-order valence-electron chi connectivity index (χ4n) is 8.58. The van der Waals surface area contributed by atoms with Crippen molar-refractivity contribution in [1.29, 1.82) is 0 Å². The molecular formula is C54H80N10O11S. The van der Waals surface area contributed by atoms with Gasteiger partial charge in [0.1, 0.15) is 18.1 Å². The zero-order valence-electron chi connectivity index (χ0n) is 46.0. The highest BCUT2D eigenvalue weighted by atomic mass is 32.2. The van der Waals surface area contributed by atoms with Crippen molar-refractivity contribution in [2.75, 3.05) is 32.5 Å². The fraction of sp³-hybridized carbons (Fsp3) is 0.537. The number of primary amides is 1. The number of urea groups is 1. The molecule has 2 aromatic rings. The van der Waals surface area contributed by atoms with E-state index in [1.165, 1.54) is 54.3 Å². The predicted molar refractivity (Wildman–Crippen MR) is 289 cm³/mol. The van der Waals surface area contributed by atoms with Gasteiger partial charge in [-0.25, -0.2) is 17.9 Å². The molecule has 22 heteroatoms. The zero-order valence-corrected chi connectivity index (χ0v) is 46.8. The second-order valence-corrected chi connectivity index (χ2v) is 23.0. The fourth-order valence-corrected chi connectivity index (χ4v) is 9.60. The normalized spacial score (nSPS) is 15.1. The lowest BCUT2D eigenvalue weighted by atomic mass is 9.76. The summed E-state index contributed by atoms with van der Waals surface area (Å²) in [7, 11) is -1.23. The number of amides is 10. The van der Waals surface area contributed by atoms with E-state index < -0.39 is 92.5 Å². The lowest BCUT2D eigenvalue weighted by Gasteiger charge is -2.40. The molecule has 0 aromatic heterocycles. The van der Waals surface area contributed by atoms with Crippen LogP contribution >= 0.6 is 0 Å². The molecule has 0 fully saturated rings. The van der Waals surface area contributed by atoms with Gasteiger partial charge in [0.15, 0.2) is 0 Å². The van der Waals surface area contributed by atoms with Crippen molar-refractivity contribution in [3.63, 3.8) is 0 Å². The number of nitrogens with zero attached hydrogens (tertiary/aromatic N) is 2. The maximum Gasteiger partial charge on any atom is 0.312 e. The number of carbonyl (C=O) groups is 9. The van der Waals surface area contributed by atoms with Gasteiger partial charge in [-0.05, 0) is 86.7 Å². The Morgan fingerprint density at radius 2 is 1.36 bits per heavy atom. The molecule has 2 unspecified atom stereocenters. The van der Waals surface area contributed by atoms with E-state index in [4.69, 9.17) is 5.73 Å². The number of nitrogens with one attached hydrogen (secondary N) is 7. The molecule has 1 aliphatic rings. The number of benzene rings is 2. The Labute approximate surface area is 447 Å². The number of sulfonamides is 1. The summed E-state index contributed by atoms with van der Waals surface area (Å²) in [6.45, 7) is 18.3. The summed E-state index contributed by atoms with van der Waals surface area (Å²) in [6, 6.07) is 9.09. The van der Waals surface area contributed by atoms with Crippen LogP contribution in [0, 0.1) is 17.3 Å². The average Bonchev–Trinajstić information content (AvgIpc) is 3.66. The minimum atomic E-state index is -4.48. The van der Waals surface area contributed by atoms with E-state index >= 15 is 0 Å². The Bertz CT molecular complexity index is 2560. The molecule has 0 saturated heterocycles. The third-order valence-corrected chi connectivity index (χ3v) is 14.5. The van der Waals surface area contributed by atoms with E-state index in [0.29, 0.717) is 19.3 Å². The lowest BCUT2D eigenvalue weighted by molar-refractivity contribution is -0.141. The van der Waals surface area contributed by atoms with Gasteiger partial charge in [0.25, 0.3) is 27.7 Å². The van der Waals surface area contributed by atoms with Gasteiger partial charge in [0.05, 0.1) is 17.0 Å².